The first-order valence-electron chi connectivity index (χ1n) is 2.21. The lowest BCUT2D eigenvalue weighted by Gasteiger charge is -1.91. The van der Waals surface area contributed by atoms with Crippen LogP contribution in [0.15, 0.2) is 12.7 Å². The highest BCUT2D eigenvalue weighted by atomic mass is 19.3. The van der Waals surface area contributed by atoms with E-state index in [-0.39, 0.29) is 0 Å². The van der Waals surface area contributed by atoms with Crippen molar-refractivity contribution in [3.8, 4) is 0 Å². The monoisotopic (exact) mass is 131 g/mol. The van der Waals surface area contributed by atoms with Gasteiger partial charge in [-0.25, -0.2) is 23.7 Å². The largest absolute Gasteiger partial charge is 0.297 e. The maximum atomic E-state index is 11.6. The van der Waals surface area contributed by atoms with Gasteiger partial charge in [-0.1, -0.05) is 0 Å². The van der Waals surface area contributed by atoms with Gasteiger partial charge in [0.1, 0.15) is 12.7 Å². The van der Waals surface area contributed by atoms with E-state index in [1.165, 1.54) is 0 Å². The minimum atomic E-state index is -2.60. The second-order valence-electron chi connectivity index (χ2n) is 1.30. The van der Waals surface area contributed by atoms with Crippen LogP contribution in [0, 0.1) is 0 Å². The minimum absolute atomic E-state index is 0.481. The summed E-state index contributed by atoms with van der Waals surface area (Å²) in [5.74, 6) is -0.481. The van der Waals surface area contributed by atoms with Crippen LogP contribution in [0.4, 0.5) is 8.78 Å². The number of nitrogens with zero attached hydrogens (tertiary/aromatic N) is 3. The van der Waals surface area contributed by atoms with E-state index in [0.29, 0.717) is 0 Å². The molecule has 3 nitrogen and oxygen atoms in total. The molecule has 0 saturated heterocycles. The standard InChI is InChI=1S/C4H3F2N3/c5-3(6)4-8-1-7-2-9-4/h1-3H. The Morgan fingerprint density at radius 2 is 1.78 bits per heavy atom. The molecule has 9 heavy (non-hydrogen) atoms. The van der Waals surface area contributed by atoms with Gasteiger partial charge in [0.15, 0.2) is 5.82 Å². The lowest BCUT2D eigenvalue weighted by atomic mass is 10.6. The Hall–Kier alpha value is -1.13. The molecule has 0 bridgehead atoms. The van der Waals surface area contributed by atoms with E-state index in [2.05, 4.69) is 15.0 Å². The Morgan fingerprint density at radius 3 is 2.11 bits per heavy atom. The van der Waals surface area contributed by atoms with Crippen LogP contribution in [0.2, 0.25) is 0 Å². The highest BCUT2D eigenvalue weighted by Crippen LogP contribution is 2.10. The number of rotatable bonds is 1. The van der Waals surface area contributed by atoms with Crippen molar-refractivity contribution < 1.29 is 8.78 Å². The summed E-state index contributed by atoms with van der Waals surface area (Å²) < 4.78 is 23.2. The predicted octanol–water partition coefficient (Wildman–Crippen LogP) is 0.809. The normalized spacial score (nSPS) is 10.1. The first kappa shape index (κ1) is 6.00. The van der Waals surface area contributed by atoms with Crippen LogP contribution >= 0.6 is 0 Å². The molecule has 0 N–H and O–H groups in total. The van der Waals surface area contributed by atoms with Gasteiger partial charge in [0.05, 0.1) is 0 Å². The SMILES string of the molecule is FC(F)c1ncncn1. The smallest absolute Gasteiger partial charge is 0.225 e. The average Bonchev–Trinajstić information content (AvgIpc) is 1.90. The Kier molecular flexibility index (Phi) is 1.62. The molecule has 0 saturated carbocycles. The molecule has 0 aromatic carbocycles. The van der Waals surface area contributed by atoms with E-state index in [1.54, 1.807) is 0 Å². The fourth-order valence-corrected chi connectivity index (χ4v) is 0.361. The van der Waals surface area contributed by atoms with Crippen molar-refractivity contribution >= 4 is 0 Å². The van der Waals surface area contributed by atoms with Crippen LogP contribution in [0.3, 0.4) is 0 Å². The van der Waals surface area contributed by atoms with Crippen LogP contribution in [-0.2, 0) is 0 Å². The fourth-order valence-electron chi connectivity index (χ4n) is 0.361. The predicted molar refractivity (Wildman–Crippen MR) is 24.8 cm³/mol. The maximum Gasteiger partial charge on any atom is 0.297 e. The summed E-state index contributed by atoms with van der Waals surface area (Å²) in [6.45, 7) is 0. The van der Waals surface area contributed by atoms with Crippen molar-refractivity contribution in [1.29, 1.82) is 0 Å². The third-order valence-corrected chi connectivity index (χ3v) is 0.709. The van der Waals surface area contributed by atoms with Crippen molar-refractivity contribution in [2.24, 2.45) is 0 Å². The maximum absolute atomic E-state index is 11.6. The summed E-state index contributed by atoms with van der Waals surface area (Å²) in [4.78, 5) is 9.78. The summed E-state index contributed by atoms with van der Waals surface area (Å²) in [6, 6.07) is 0. The van der Waals surface area contributed by atoms with Crippen molar-refractivity contribution in [1.82, 2.24) is 15.0 Å². The van der Waals surface area contributed by atoms with Gasteiger partial charge >= 0.3 is 0 Å². The van der Waals surface area contributed by atoms with Gasteiger partial charge in [-0.05, 0) is 0 Å². The number of alkyl halides is 2. The van der Waals surface area contributed by atoms with Crippen LogP contribution in [0.5, 0.6) is 0 Å². The number of halogens is 2. The van der Waals surface area contributed by atoms with E-state index in [0.717, 1.165) is 12.7 Å². The second-order valence-corrected chi connectivity index (χ2v) is 1.30. The van der Waals surface area contributed by atoms with Gasteiger partial charge in [-0.15, -0.1) is 0 Å². The number of hydrogen-bond donors (Lipinski definition) is 0. The molecule has 0 aliphatic rings. The molecule has 48 valence electrons. The lowest BCUT2D eigenvalue weighted by molar-refractivity contribution is 0.140. The molecule has 0 spiro atoms. The van der Waals surface area contributed by atoms with E-state index in [9.17, 15) is 8.78 Å². The molecule has 0 fully saturated rings. The molecule has 5 heteroatoms. The second kappa shape index (κ2) is 2.43. The van der Waals surface area contributed by atoms with Gasteiger partial charge in [0.25, 0.3) is 6.43 Å². The van der Waals surface area contributed by atoms with E-state index in [4.69, 9.17) is 0 Å². The first-order valence-corrected chi connectivity index (χ1v) is 2.21. The average molecular weight is 131 g/mol. The Bertz CT molecular complexity index is 176. The number of aromatic nitrogens is 3. The fraction of sp³-hybridized carbons (Fsp3) is 0.250. The molecule has 0 radical (unpaired) electrons. The molecule has 1 heterocycles. The molecule has 0 unspecified atom stereocenters. The van der Waals surface area contributed by atoms with E-state index >= 15 is 0 Å². The lowest BCUT2D eigenvalue weighted by Crippen LogP contribution is -1.93. The minimum Gasteiger partial charge on any atom is -0.225 e. The summed E-state index contributed by atoms with van der Waals surface area (Å²) in [6.07, 6.45) is -0.531. The molecule has 0 amide bonds. The van der Waals surface area contributed by atoms with Gasteiger partial charge < -0.3 is 0 Å². The summed E-state index contributed by atoms with van der Waals surface area (Å²) in [7, 11) is 0. The molecular weight excluding hydrogens is 128 g/mol. The van der Waals surface area contributed by atoms with Crippen molar-refractivity contribution in [2.75, 3.05) is 0 Å². The van der Waals surface area contributed by atoms with Crippen molar-refractivity contribution in [3.63, 3.8) is 0 Å². The van der Waals surface area contributed by atoms with Gasteiger partial charge in [0.2, 0.25) is 0 Å². The van der Waals surface area contributed by atoms with Crippen LogP contribution in [-0.4, -0.2) is 15.0 Å². The van der Waals surface area contributed by atoms with Crippen LogP contribution in [0.25, 0.3) is 0 Å². The Balaban J connectivity index is 2.85. The van der Waals surface area contributed by atoms with Crippen molar-refractivity contribution in [2.45, 2.75) is 6.43 Å². The third-order valence-electron chi connectivity index (χ3n) is 0.709. The molecule has 1 rings (SSSR count). The molecule has 0 atom stereocenters. The zero-order valence-electron chi connectivity index (χ0n) is 4.33. The topological polar surface area (TPSA) is 38.7 Å². The molecule has 0 aliphatic heterocycles. The van der Waals surface area contributed by atoms with E-state index in [1.807, 2.05) is 0 Å². The van der Waals surface area contributed by atoms with Crippen LogP contribution in [0.1, 0.15) is 12.2 Å². The highest BCUT2D eigenvalue weighted by Gasteiger charge is 2.07. The van der Waals surface area contributed by atoms with Gasteiger partial charge in [0, 0.05) is 0 Å². The third kappa shape index (κ3) is 1.38. The summed E-state index contributed by atoms with van der Waals surface area (Å²) in [5.41, 5.74) is 0. The summed E-state index contributed by atoms with van der Waals surface area (Å²) in [5, 5.41) is 0. The zero-order valence-corrected chi connectivity index (χ0v) is 4.33. The Labute approximate surface area is 49.8 Å². The van der Waals surface area contributed by atoms with Crippen molar-refractivity contribution in [3.05, 3.63) is 18.5 Å². The zero-order chi connectivity index (χ0) is 6.69. The molecule has 0 aliphatic carbocycles. The first-order chi connectivity index (χ1) is 4.30. The van der Waals surface area contributed by atoms with Crippen LogP contribution < -0.4 is 0 Å². The summed E-state index contributed by atoms with van der Waals surface area (Å²) >= 11 is 0. The molecule has 1 aromatic rings. The van der Waals surface area contributed by atoms with Gasteiger partial charge in [-0.2, -0.15) is 0 Å². The van der Waals surface area contributed by atoms with Gasteiger partial charge in [-0.3, -0.25) is 0 Å². The highest BCUT2D eigenvalue weighted by molar-refractivity contribution is 4.81. The molecule has 1 aromatic heterocycles. The number of hydrogen-bond acceptors (Lipinski definition) is 3. The quantitative estimate of drug-likeness (QED) is 0.566. The van der Waals surface area contributed by atoms with E-state index < -0.39 is 12.2 Å². The Morgan fingerprint density at radius 1 is 1.22 bits per heavy atom. The molecular formula is C4H3F2N3.